The molecule has 2 aromatic carbocycles. The van der Waals surface area contributed by atoms with Crippen molar-refractivity contribution in [3.63, 3.8) is 0 Å². The first-order valence-corrected chi connectivity index (χ1v) is 7.76. The highest BCUT2D eigenvalue weighted by Gasteiger charge is 2.35. The Hall–Kier alpha value is -2.00. The molecule has 3 rings (SSSR count). The Morgan fingerprint density at radius 2 is 1.68 bits per heavy atom. The highest BCUT2D eigenvalue weighted by molar-refractivity contribution is 5.33. The molecule has 0 amide bonds. The third kappa shape index (κ3) is 4.01. The molecule has 1 heterocycles. The van der Waals surface area contributed by atoms with Crippen LogP contribution in [0, 0.1) is 5.92 Å². The van der Waals surface area contributed by atoms with Crippen LogP contribution in [0.1, 0.15) is 25.8 Å². The minimum Gasteiger partial charge on any atom is -0.508 e. The normalized spacial score (nSPS) is 24.2. The average Bonchev–Trinajstić information content (AvgIpc) is 2.52. The molecule has 0 aliphatic carbocycles. The fourth-order valence-corrected chi connectivity index (χ4v) is 2.86. The van der Waals surface area contributed by atoms with E-state index in [4.69, 9.17) is 5.11 Å². The molecule has 0 aromatic heterocycles. The lowest BCUT2D eigenvalue weighted by molar-refractivity contribution is 0.237. The molecule has 2 unspecified atom stereocenters. The Balaban J connectivity index is 0.000000211. The highest BCUT2D eigenvalue weighted by atomic mass is 16.3. The highest BCUT2D eigenvalue weighted by Crippen LogP contribution is 2.38. The van der Waals surface area contributed by atoms with Crippen LogP contribution >= 0.6 is 0 Å². The van der Waals surface area contributed by atoms with Gasteiger partial charge in [-0.2, -0.15) is 0 Å². The van der Waals surface area contributed by atoms with E-state index in [9.17, 15) is 5.11 Å². The van der Waals surface area contributed by atoms with Gasteiger partial charge >= 0.3 is 0 Å². The van der Waals surface area contributed by atoms with Crippen LogP contribution in [0.15, 0.2) is 54.6 Å². The summed E-state index contributed by atoms with van der Waals surface area (Å²) in [7, 11) is 0. The number of hydrogen-bond acceptors (Lipinski definition) is 3. The van der Waals surface area contributed by atoms with Gasteiger partial charge in [0.05, 0.1) is 0 Å². The van der Waals surface area contributed by atoms with Gasteiger partial charge in [-0.25, -0.2) is 0 Å². The van der Waals surface area contributed by atoms with Crippen molar-refractivity contribution in [3.05, 3.63) is 60.2 Å². The third-order valence-electron chi connectivity index (χ3n) is 4.62. The number of piperidine rings is 1. The number of benzene rings is 2. The smallest absolute Gasteiger partial charge is 0.115 e. The Bertz CT molecular complexity index is 585. The first kappa shape index (κ1) is 16.4. The topological polar surface area (TPSA) is 52.5 Å². The van der Waals surface area contributed by atoms with Crippen molar-refractivity contribution >= 4 is 0 Å². The second kappa shape index (κ2) is 7.32. The van der Waals surface area contributed by atoms with E-state index in [2.05, 4.69) is 25.2 Å². The lowest BCUT2D eigenvalue weighted by Gasteiger charge is -2.40. The summed E-state index contributed by atoms with van der Waals surface area (Å²) in [6, 6.07) is 16.4. The molecular weight excluding hydrogens is 274 g/mol. The van der Waals surface area contributed by atoms with Gasteiger partial charge in [-0.3, -0.25) is 0 Å². The van der Waals surface area contributed by atoms with E-state index in [1.807, 2.05) is 18.2 Å². The Labute approximate surface area is 132 Å². The largest absolute Gasteiger partial charge is 0.508 e. The van der Waals surface area contributed by atoms with Gasteiger partial charge in [0.25, 0.3) is 0 Å². The fourth-order valence-electron chi connectivity index (χ4n) is 2.86. The van der Waals surface area contributed by atoms with Gasteiger partial charge < -0.3 is 15.5 Å². The second-order valence-electron chi connectivity index (χ2n) is 6.16. The number of aromatic hydroxyl groups is 2. The number of rotatable bonds is 1. The Morgan fingerprint density at radius 1 is 1.00 bits per heavy atom. The number of nitrogens with one attached hydrogen (secondary N) is 1. The van der Waals surface area contributed by atoms with Crippen molar-refractivity contribution in [1.82, 2.24) is 5.32 Å². The van der Waals surface area contributed by atoms with Gasteiger partial charge in [0.15, 0.2) is 0 Å². The summed E-state index contributed by atoms with van der Waals surface area (Å²) in [5.41, 5.74) is 1.46. The zero-order valence-electron chi connectivity index (χ0n) is 13.3. The van der Waals surface area contributed by atoms with Crippen molar-refractivity contribution in [3.8, 4) is 11.5 Å². The van der Waals surface area contributed by atoms with Crippen LogP contribution in [0.5, 0.6) is 11.5 Å². The molecule has 0 radical (unpaired) electrons. The maximum absolute atomic E-state index is 9.53. The molecule has 0 spiro atoms. The van der Waals surface area contributed by atoms with Crippen LogP contribution < -0.4 is 5.32 Å². The molecule has 1 aliphatic rings. The van der Waals surface area contributed by atoms with E-state index >= 15 is 0 Å². The molecule has 0 bridgehead atoms. The second-order valence-corrected chi connectivity index (χ2v) is 6.16. The molecule has 3 heteroatoms. The fraction of sp³-hybridized carbons (Fsp3) is 0.368. The number of phenols is 2. The molecular formula is C19H25NO2. The molecule has 0 saturated carbocycles. The van der Waals surface area contributed by atoms with E-state index in [0.717, 1.165) is 19.5 Å². The van der Waals surface area contributed by atoms with E-state index in [0.29, 0.717) is 17.4 Å². The molecule has 118 valence electrons. The van der Waals surface area contributed by atoms with Crippen LogP contribution in [0.2, 0.25) is 0 Å². The van der Waals surface area contributed by atoms with Crippen LogP contribution in [0.3, 0.4) is 0 Å². The monoisotopic (exact) mass is 299 g/mol. The summed E-state index contributed by atoms with van der Waals surface area (Å²) in [6.45, 7) is 6.70. The standard InChI is InChI=1S/C13H19NO.C6H6O/c1-10-9-14-7-6-13(10,2)11-4-3-5-12(15)8-11;7-6-4-2-1-3-5-6/h3-5,8,10,14-15H,6-7,9H2,1-2H3;1-5,7H. The van der Waals surface area contributed by atoms with Gasteiger partial charge in [0.1, 0.15) is 11.5 Å². The van der Waals surface area contributed by atoms with E-state index in [1.54, 1.807) is 30.3 Å². The Kier molecular flexibility index (Phi) is 5.45. The van der Waals surface area contributed by atoms with Crippen molar-refractivity contribution < 1.29 is 10.2 Å². The predicted octanol–water partition coefficient (Wildman–Crippen LogP) is 3.67. The van der Waals surface area contributed by atoms with Crippen molar-refractivity contribution in [2.45, 2.75) is 25.7 Å². The summed E-state index contributed by atoms with van der Waals surface area (Å²) < 4.78 is 0. The minimum absolute atomic E-state index is 0.198. The summed E-state index contributed by atoms with van der Waals surface area (Å²) in [5.74, 6) is 1.30. The maximum atomic E-state index is 9.53. The maximum Gasteiger partial charge on any atom is 0.115 e. The number of phenolic OH excluding ortho intramolecular Hbond substituents is 2. The number of hydrogen-bond donors (Lipinski definition) is 3. The molecule has 2 aromatic rings. The van der Waals surface area contributed by atoms with E-state index < -0.39 is 0 Å². The first-order valence-electron chi connectivity index (χ1n) is 7.76. The lowest BCUT2D eigenvalue weighted by Crippen LogP contribution is -2.44. The van der Waals surface area contributed by atoms with Crippen molar-refractivity contribution in [2.24, 2.45) is 5.92 Å². The molecule has 1 saturated heterocycles. The summed E-state index contributed by atoms with van der Waals surface area (Å²) >= 11 is 0. The summed E-state index contributed by atoms with van der Waals surface area (Å²) in [4.78, 5) is 0. The summed E-state index contributed by atoms with van der Waals surface area (Å²) in [6.07, 6.45) is 1.14. The van der Waals surface area contributed by atoms with Crippen molar-refractivity contribution in [2.75, 3.05) is 13.1 Å². The van der Waals surface area contributed by atoms with Crippen molar-refractivity contribution in [1.29, 1.82) is 0 Å². The Morgan fingerprint density at radius 3 is 2.23 bits per heavy atom. The van der Waals surface area contributed by atoms with Gasteiger partial charge in [0, 0.05) is 0 Å². The van der Waals surface area contributed by atoms with Gasteiger partial charge in [-0.1, -0.05) is 44.2 Å². The molecule has 1 fully saturated rings. The first-order chi connectivity index (χ1) is 10.5. The zero-order chi connectivity index (χ0) is 16.0. The number of para-hydroxylation sites is 1. The van der Waals surface area contributed by atoms with Crippen LogP contribution in [0.4, 0.5) is 0 Å². The lowest BCUT2D eigenvalue weighted by atomic mass is 9.68. The molecule has 22 heavy (non-hydrogen) atoms. The molecule has 3 nitrogen and oxygen atoms in total. The third-order valence-corrected chi connectivity index (χ3v) is 4.62. The average molecular weight is 299 g/mol. The summed E-state index contributed by atoms with van der Waals surface area (Å²) in [5, 5.41) is 21.6. The predicted molar refractivity (Wildman–Crippen MR) is 90.2 cm³/mol. The van der Waals surface area contributed by atoms with Crippen LogP contribution in [-0.2, 0) is 5.41 Å². The zero-order valence-corrected chi connectivity index (χ0v) is 13.3. The van der Waals surface area contributed by atoms with Crippen LogP contribution in [0.25, 0.3) is 0 Å². The van der Waals surface area contributed by atoms with Gasteiger partial charge in [-0.15, -0.1) is 0 Å². The van der Waals surface area contributed by atoms with Crippen LogP contribution in [-0.4, -0.2) is 23.3 Å². The quantitative estimate of drug-likeness (QED) is 0.753. The SMILES string of the molecule is CC1CNCCC1(C)c1cccc(O)c1.Oc1ccccc1. The van der Waals surface area contributed by atoms with Gasteiger partial charge in [-0.05, 0) is 60.7 Å². The van der Waals surface area contributed by atoms with E-state index in [-0.39, 0.29) is 5.41 Å². The molecule has 1 aliphatic heterocycles. The minimum atomic E-state index is 0.198. The van der Waals surface area contributed by atoms with E-state index in [1.165, 1.54) is 5.56 Å². The van der Waals surface area contributed by atoms with Gasteiger partial charge in [0.2, 0.25) is 0 Å². The molecule has 2 atom stereocenters. The molecule has 3 N–H and O–H groups in total.